The third-order valence-corrected chi connectivity index (χ3v) is 6.28. The highest BCUT2D eigenvalue weighted by molar-refractivity contribution is 5.84. The normalized spacial score (nSPS) is 15.9. The first-order chi connectivity index (χ1) is 14.7. The Bertz CT molecular complexity index is 1150. The highest BCUT2D eigenvalue weighted by Crippen LogP contribution is 2.25. The largest absolute Gasteiger partial charge is 0.441 e. The van der Waals surface area contributed by atoms with E-state index >= 15 is 0 Å². The Morgan fingerprint density at radius 1 is 1.20 bits per heavy atom. The fraction of sp³-hybridized carbons (Fsp3) is 0.360. The quantitative estimate of drug-likeness (QED) is 0.492. The average Bonchev–Trinajstić information content (AvgIpc) is 3.36. The summed E-state index contributed by atoms with van der Waals surface area (Å²) >= 11 is 0. The number of likely N-dealkylation sites (tertiary alicyclic amines) is 1. The lowest BCUT2D eigenvalue weighted by molar-refractivity contribution is -0.124. The van der Waals surface area contributed by atoms with Crippen LogP contribution in [0.15, 0.2) is 53.1 Å². The summed E-state index contributed by atoms with van der Waals surface area (Å²) in [5.41, 5.74) is 5.47. The number of hydrogen-bond donors (Lipinski definition) is 1. The van der Waals surface area contributed by atoms with Crippen molar-refractivity contribution in [2.75, 3.05) is 13.1 Å². The van der Waals surface area contributed by atoms with E-state index in [1.54, 1.807) is 0 Å². The number of hydrogen-bond acceptors (Lipinski definition) is 4. The lowest BCUT2D eigenvalue weighted by atomic mass is 9.90. The molecule has 0 atom stereocenters. The predicted octanol–water partition coefficient (Wildman–Crippen LogP) is 5.03. The molecule has 1 aliphatic heterocycles. The number of piperidine rings is 1. The van der Waals surface area contributed by atoms with Gasteiger partial charge in [0.25, 0.3) is 0 Å². The molecule has 0 aliphatic carbocycles. The van der Waals surface area contributed by atoms with Crippen molar-refractivity contribution in [1.82, 2.24) is 14.9 Å². The molecule has 0 unspecified atom stereocenters. The number of nitrogens with one attached hydrogen (secondary N) is 1. The second kappa shape index (κ2) is 8.07. The summed E-state index contributed by atoms with van der Waals surface area (Å²) in [4.78, 5) is 23.1. The second-order valence-electron chi connectivity index (χ2n) is 8.46. The summed E-state index contributed by atoms with van der Waals surface area (Å²) in [5.74, 6) is 1.17. The van der Waals surface area contributed by atoms with E-state index in [1.165, 1.54) is 22.0 Å². The molecule has 1 saturated heterocycles. The third-order valence-electron chi connectivity index (χ3n) is 6.28. The fourth-order valence-corrected chi connectivity index (χ4v) is 4.54. The topological polar surface area (TPSA) is 62.1 Å². The Labute approximate surface area is 176 Å². The molecule has 5 rings (SSSR count). The van der Waals surface area contributed by atoms with Gasteiger partial charge >= 0.3 is 0 Å². The summed E-state index contributed by atoms with van der Waals surface area (Å²) in [6, 6.07) is 14.3. The van der Waals surface area contributed by atoms with Crippen molar-refractivity contribution in [1.29, 1.82) is 0 Å². The van der Waals surface area contributed by atoms with Gasteiger partial charge < -0.3 is 9.40 Å². The number of Topliss-reactive ketones (excluding diaryl/α,β-unsaturated/α-hetero) is 1. The van der Waals surface area contributed by atoms with Crippen LogP contribution < -0.4 is 0 Å². The van der Waals surface area contributed by atoms with E-state index in [-0.39, 0.29) is 5.92 Å². The smallest absolute Gasteiger partial charge is 0.195 e. The minimum Gasteiger partial charge on any atom is -0.441 e. The van der Waals surface area contributed by atoms with Gasteiger partial charge in [-0.05, 0) is 62.7 Å². The van der Waals surface area contributed by atoms with Gasteiger partial charge in [0.1, 0.15) is 11.3 Å². The van der Waals surface area contributed by atoms with Crippen molar-refractivity contribution in [3.63, 3.8) is 0 Å². The van der Waals surface area contributed by atoms with Crippen LogP contribution in [0.5, 0.6) is 0 Å². The number of benzene rings is 2. The molecule has 5 nitrogen and oxygen atoms in total. The van der Waals surface area contributed by atoms with Gasteiger partial charge in [0, 0.05) is 42.4 Å². The number of aryl methyl sites for hydroxylation is 2. The van der Waals surface area contributed by atoms with Crippen molar-refractivity contribution in [3.8, 4) is 0 Å². The van der Waals surface area contributed by atoms with Gasteiger partial charge in [-0.15, -0.1) is 0 Å². The van der Waals surface area contributed by atoms with E-state index < -0.39 is 0 Å². The van der Waals surface area contributed by atoms with Gasteiger partial charge in [0.15, 0.2) is 11.5 Å². The monoisotopic (exact) mass is 401 g/mol. The van der Waals surface area contributed by atoms with Crippen LogP contribution in [0.1, 0.15) is 36.3 Å². The summed E-state index contributed by atoms with van der Waals surface area (Å²) in [7, 11) is 0. The van der Waals surface area contributed by atoms with Crippen LogP contribution in [-0.2, 0) is 17.8 Å². The summed E-state index contributed by atoms with van der Waals surface area (Å²) < 4.78 is 5.75. The number of H-pyrrole nitrogens is 1. The molecule has 1 aliphatic rings. The third kappa shape index (κ3) is 3.90. The van der Waals surface area contributed by atoms with Gasteiger partial charge in [-0.2, -0.15) is 0 Å². The molecule has 0 bridgehead atoms. The summed E-state index contributed by atoms with van der Waals surface area (Å²) in [6.07, 6.45) is 5.10. The summed E-state index contributed by atoms with van der Waals surface area (Å²) in [6.45, 7) is 5.01. The van der Waals surface area contributed by atoms with E-state index in [2.05, 4.69) is 46.2 Å². The number of nitrogens with zero attached hydrogens (tertiary/aromatic N) is 2. The second-order valence-corrected chi connectivity index (χ2v) is 8.46. The minimum absolute atomic E-state index is 0.163. The Morgan fingerprint density at radius 2 is 2.03 bits per heavy atom. The zero-order valence-corrected chi connectivity index (χ0v) is 17.4. The van der Waals surface area contributed by atoms with Gasteiger partial charge in [-0.3, -0.25) is 9.69 Å². The highest BCUT2D eigenvalue weighted by atomic mass is 16.3. The standard InChI is InChI=1S/C25H27N3O2/c1-17-6-7-21-20(14-17)19(15-26-21)16-28-12-10-18(11-13-28)23(29)8-9-25-27-22-4-2-3-5-24(22)30-25/h2-7,14-15,18,26H,8-13,16H2,1H3. The number of carbonyl (C=O) groups excluding carboxylic acids is 1. The molecule has 0 radical (unpaired) electrons. The number of ketones is 1. The molecule has 5 heteroatoms. The number of aromatic nitrogens is 2. The van der Waals surface area contributed by atoms with Crippen molar-refractivity contribution >= 4 is 27.8 Å². The zero-order valence-electron chi connectivity index (χ0n) is 17.4. The van der Waals surface area contributed by atoms with Crippen molar-refractivity contribution < 1.29 is 9.21 Å². The molecule has 3 heterocycles. The molecule has 154 valence electrons. The maximum absolute atomic E-state index is 12.7. The molecule has 4 aromatic rings. The van der Waals surface area contributed by atoms with Crippen molar-refractivity contribution in [2.45, 2.75) is 39.2 Å². The van der Waals surface area contributed by atoms with Gasteiger partial charge in [0.2, 0.25) is 0 Å². The fourth-order valence-electron chi connectivity index (χ4n) is 4.54. The van der Waals surface area contributed by atoms with E-state index in [4.69, 9.17) is 4.42 Å². The molecule has 1 N–H and O–H groups in total. The first-order valence-electron chi connectivity index (χ1n) is 10.8. The lowest BCUT2D eigenvalue weighted by Crippen LogP contribution is -2.36. The SMILES string of the molecule is Cc1ccc2[nH]cc(CN3CCC(C(=O)CCc4nc5ccccc5o4)CC3)c2c1. The maximum atomic E-state index is 12.7. The van der Waals surface area contributed by atoms with Crippen molar-refractivity contribution in [2.24, 2.45) is 5.92 Å². The van der Waals surface area contributed by atoms with E-state index in [1.807, 2.05) is 24.3 Å². The Balaban J connectivity index is 1.14. The van der Waals surface area contributed by atoms with E-state index in [9.17, 15) is 4.79 Å². The number of oxazole rings is 1. The Morgan fingerprint density at radius 3 is 2.87 bits per heavy atom. The highest BCUT2D eigenvalue weighted by Gasteiger charge is 2.25. The van der Waals surface area contributed by atoms with Crippen LogP contribution in [-0.4, -0.2) is 33.7 Å². The molecule has 2 aromatic heterocycles. The average molecular weight is 402 g/mol. The molecular weight excluding hydrogens is 374 g/mol. The van der Waals surface area contributed by atoms with Crippen LogP contribution in [0.4, 0.5) is 0 Å². The van der Waals surface area contributed by atoms with Crippen LogP contribution >= 0.6 is 0 Å². The van der Waals surface area contributed by atoms with E-state index in [0.717, 1.165) is 43.6 Å². The van der Waals surface area contributed by atoms with Crippen LogP contribution in [0.3, 0.4) is 0 Å². The lowest BCUT2D eigenvalue weighted by Gasteiger charge is -2.31. The van der Waals surface area contributed by atoms with Crippen LogP contribution in [0.25, 0.3) is 22.0 Å². The van der Waals surface area contributed by atoms with Gasteiger partial charge in [0.05, 0.1) is 0 Å². The Hall–Kier alpha value is -2.92. The summed E-state index contributed by atoms with van der Waals surface area (Å²) in [5, 5.41) is 1.31. The first kappa shape index (κ1) is 19.1. The molecule has 2 aromatic carbocycles. The minimum atomic E-state index is 0.163. The molecular formula is C25H27N3O2. The number of rotatable bonds is 6. The number of aromatic amines is 1. The molecule has 1 fully saturated rings. The van der Waals surface area contributed by atoms with Gasteiger partial charge in [-0.1, -0.05) is 23.8 Å². The molecule has 0 amide bonds. The van der Waals surface area contributed by atoms with Crippen LogP contribution in [0, 0.1) is 12.8 Å². The van der Waals surface area contributed by atoms with Crippen molar-refractivity contribution in [3.05, 3.63) is 65.7 Å². The van der Waals surface area contributed by atoms with E-state index in [0.29, 0.717) is 24.5 Å². The predicted molar refractivity (Wildman–Crippen MR) is 118 cm³/mol. The number of fused-ring (bicyclic) bond motifs is 2. The zero-order chi connectivity index (χ0) is 20.5. The Kier molecular flexibility index (Phi) is 5.13. The van der Waals surface area contributed by atoms with Crippen LogP contribution in [0.2, 0.25) is 0 Å². The van der Waals surface area contributed by atoms with Gasteiger partial charge in [-0.25, -0.2) is 4.98 Å². The first-order valence-corrected chi connectivity index (χ1v) is 10.8. The molecule has 30 heavy (non-hydrogen) atoms. The number of para-hydroxylation sites is 2. The maximum Gasteiger partial charge on any atom is 0.195 e. The molecule has 0 spiro atoms. The molecule has 0 saturated carbocycles. The number of carbonyl (C=O) groups is 1.